The zero-order valence-electron chi connectivity index (χ0n) is 18.3. The summed E-state index contributed by atoms with van der Waals surface area (Å²) < 4.78 is 23.5. The minimum Gasteiger partial charge on any atom is -0.493 e. The molecule has 0 aliphatic carbocycles. The Kier molecular flexibility index (Phi) is 6.30. The first kappa shape index (κ1) is 21.5. The summed E-state index contributed by atoms with van der Waals surface area (Å²) in [6, 6.07) is 23.5. The SMILES string of the molecule is COc1cc(C2SCC(=O)N2CC2COc3ccccc3O2)ccc1OCc1ccccc1. The summed E-state index contributed by atoms with van der Waals surface area (Å²) in [6.07, 6.45) is -0.222. The van der Waals surface area contributed by atoms with Gasteiger partial charge < -0.3 is 23.8 Å². The highest BCUT2D eigenvalue weighted by Crippen LogP contribution is 2.42. The molecule has 0 aromatic heterocycles. The van der Waals surface area contributed by atoms with Crippen LogP contribution in [0.1, 0.15) is 16.5 Å². The second-order valence-electron chi connectivity index (χ2n) is 7.89. The number of hydrogen-bond donors (Lipinski definition) is 0. The first-order valence-electron chi connectivity index (χ1n) is 10.9. The molecule has 0 bridgehead atoms. The molecular formula is C26H25NO5S. The standard InChI is InChI=1S/C26H25NO5S/c1-29-24-13-19(11-12-22(24)30-15-18-7-3-2-4-8-18)26-27(25(28)17-33-26)14-20-16-31-21-9-5-6-10-23(21)32-20/h2-13,20,26H,14-17H2,1H3. The average molecular weight is 464 g/mol. The maximum atomic E-state index is 12.7. The molecule has 1 amide bonds. The largest absolute Gasteiger partial charge is 0.493 e. The molecule has 33 heavy (non-hydrogen) atoms. The number of carbonyl (C=O) groups is 1. The Morgan fingerprint density at radius 3 is 2.61 bits per heavy atom. The van der Waals surface area contributed by atoms with Gasteiger partial charge in [-0.1, -0.05) is 48.5 Å². The molecule has 2 aliphatic rings. The number of para-hydroxylation sites is 2. The Morgan fingerprint density at radius 2 is 1.79 bits per heavy atom. The van der Waals surface area contributed by atoms with Crippen LogP contribution in [0.5, 0.6) is 23.0 Å². The Labute approximate surface area is 197 Å². The van der Waals surface area contributed by atoms with E-state index in [0.29, 0.717) is 42.8 Å². The summed E-state index contributed by atoms with van der Waals surface area (Å²) in [5.41, 5.74) is 2.08. The fourth-order valence-corrected chi connectivity index (χ4v) is 5.18. The van der Waals surface area contributed by atoms with Gasteiger partial charge in [-0.3, -0.25) is 4.79 Å². The van der Waals surface area contributed by atoms with Gasteiger partial charge in [0.15, 0.2) is 29.1 Å². The topological polar surface area (TPSA) is 57.2 Å². The zero-order chi connectivity index (χ0) is 22.6. The van der Waals surface area contributed by atoms with E-state index >= 15 is 0 Å². The number of benzene rings is 3. The quantitative estimate of drug-likeness (QED) is 0.507. The highest BCUT2D eigenvalue weighted by molar-refractivity contribution is 8.00. The molecule has 1 saturated heterocycles. The van der Waals surface area contributed by atoms with E-state index in [4.69, 9.17) is 18.9 Å². The number of fused-ring (bicyclic) bond motifs is 1. The molecule has 170 valence electrons. The van der Waals surface area contributed by atoms with E-state index in [0.717, 1.165) is 16.9 Å². The molecule has 3 aromatic carbocycles. The third-order valence-corrected chi connectivity index (χ3v) is 6.90. The van der Waals surface area contributed by atoms with Crippen LogP contribution in [-0.4, -0.2) is 42.9 Å². The maximum Gasteiger partial charge on any atom is 0.233 e. The van der Waals surface area contributed by atoms with Crippen LogP contribution < -0.4 is 18.9 Å². The lowest BCUT2D eigenvalue weighted by Crippen LogP contribution is -2.42. The van der Waals surface area contributed by atoms with E-state index in [2.05, 4.69) is 0 Å². The fraction of sp³-hybridized carbons (Fsp3) is 0.269. The Balaban J connectivity index is 1.30. The van der Waals surface area contributed by atoms with Crippen molar-refractivity contribution in [2.24, 2.45) is 0 Å². The van der Waals surface area contributed by atoms with Gasteiger partial charge in [0.05, 0.1) is 19.4 Å². The molecule has 0 radical (unpaired) electrons. The molecule has 0 N–H and O–H groups in total. The van der Waals surface area contributed by atoms with E-state index < -0.39 is 0 Å². The average Bonchev–Trinajstić information content (AvgIpc) is 3.23. The van der Waals surface area contributed by atoms with Crippen molar-refractivity contribution in [1.29, 1.82) is 0 Å². The van der Waals surface area contributed by atoms with Gasteiger partial charge in [-0.25, -0.2) is 0 Å². The highest BCUT2D eigenvalue weighted by atomic mass is 32.2. The van der Waals surface area contributed by atoms with Crippen molar-refractivity contribution in [3.8, 4) is 23.0 Å². The lowest BCUT2D eigenvalue weighted by molar-refractivity contribution is -0.129. The van der Waals surface area contributed by atoms with Gasteiger partial charge in [0.1, 0.15) is 18.6 Å². The molecular weight excluding hydrogens is 438 g/mol. The first-order valence-corrected chi connectivity index (χ1v) is 11.9. The molecule has 0 saturated carbocycles. The summed E-state index contributed by atoms with van der Waals surface area (Å²) in [5, 5.41) is -0.115. The van der Waals surface area contributed by atoms with E-state index in [-0.39, 0.29) is 17.4 Å². The first-order chi connectivity index (χ1) is 16.2. The maximum absolute atomic E-state index is 12.7. The number of hydrogen-bond acceptors (Lipinski definition) is 6. The molecule has 6 nitrogen and oxygen atoms in total. The van der Waals surface area contributed by atoms with E-state index in [9.17, 15) is 4.79 Å². The molecule has 0 spiro atoms. The predicted molar refractivity (Wildman–Crippen MR) is 127 cm³/mol. The van der Waals surface area contributed by atoms with Crippen LogP contribution in [0, 0.1) is 0 Å². The summed E-state index contributed by atoms with van der Waals surface area (Å²) in [5.74, 6) is 3.30. The predicted octanol–water partition coefficient (Wildman–Crippen LogP) is 4.69. The van der Waals surface area contributed by atoms with Crippen molar-refractivity contribution in [3.05, 3.63) is 83.9 Å². The van der Waals surface area contributed by atoms with Crippen molar-refractivity contribution in [2.45, 2.75) is 18.1 Å². The van der Waals surface area contributed by atoms with E-state index in [1.165, 1.54) is 0 Å². The van der Waals surface area contributed by atoms with Crippen molar-refractivity contribution in [2.75, 3.05) is 26.0 Å². The second kappa shape index (κ2) is 9.67. The third kappa shape index (κ3) is 4.73. The summed E-state index contributed by atoms with van der Waals surface area (Å²) in [6.45, 7) is 1.33. The number of thioether (sulfide) groups is 1. The van der Waals surface area contributed by atoms with E-state index in [1.807, 2.05) is 77.7 Å². The van der Waals surface area contributed by atoms with Crippen LogP contribution in [0.3, 0.4) is 0 Å². The van der Waals surface area contributed by atoms with Gasteiger partial charge in [0.2, 0.25) is 5.91 Å². The van der Waals surface area contributed by atoms with E-state index in [1.54, 1.807) is 18.9 Å². The monoisotopic (exact) mass is 463 g/mol. The summed E-state index contributed by atoms with van der Waals surface area (Å²) in [7, 11) is 1.63. The van der Waals surface area contributed by atoms with Gasteiger partial charge in [-0.2, -0.15) is 0 Å². The second-order valence-corrected chi connectivity index (χ2v) is 8.96. The lowest BCUT2D eigenvalue weighted by Gasteiger charge is -2.32. The summed E-state index contributed by atoms with van der Waals surface area (Å²) in [4.78, 5) is 14.6. The Morgan fingerprint density at radius 1 is 1.00 bits per heavy atom. The van der Waals surface area contributed by atoms with Crippen molar-refractivity contribution < 1.29 is 23.7 Å². The number of methoxy groups -OCH3 is 1. The van der Waals surface area contributed by atoms with Gasteiger partial charge in [-0.15, -0.1) is 11.8 Å². The summed E-state index contributed by atoms with van der Waals surface area (Å²) >= 11 is 1.60. The van der Waals surface area contributed by atoms with Gasteiger partial charge in [-0.05, 0) is 35.4 Å². The van der Waals surface area contributed by atoms with Crippen LogP contribution in [-0.2, 0) is 11.4 Å². The molecule has 2 aliphatic heterocycles. The molecule has 2 heterocycles. The van der Waals surface area contributed by atoms with Crippen LogP contribution in [0.25, 0.3) is 0 Å². The number of amides is 1. The number of ether oxygens (including phenoxy) is 4. The number of carbonyl (C=O) groups excluding carboxylic acids is 1. The lowest BCUT2D eigenvalue weighted by atomic mass is 10.1. The third-order valence-electron chi connectivity index (χ3n) is 5.65. The van der Waals surface area contributed by atoms with Crippen LogP contribution in [0.15, 0.2) is 72.8 Å². The van der Waals surface area contributed by atoms with Gasteiger partial charge >= 0.3 is 0 Å². The molecule has 7 heteroatoms. The minimum atomic E-state index is -0.222. The molecule has 1 fully saturated rings. The van der Waals surface area contributed by atoms with Gasteiger partial charge in [0, 0.05) is 0 Å². The van der Waals surface area contributed by atoms with Crippen molar-refractivity contribution in [1.82, 2.24) is 4.90 Å². The number of nitrogens with zero attached hydrogens (tertiary/aromatic N) is 1. The Hall–Kier alpha value is -3.32. The van der Waals surface area contributed by atoms with Crippen LogP contribution in [0.2, 0.25) is 0 Å². The molecule has 3 aromatic rings. The zero-order valence-corrected chi connectivity index (χ0v) is 19.1. The van der Waals surface area contributed by atoms with Crippen LogP contribution in [0.4, 0.5) is 0 Å². The molecule has 5 rings (SSSR count). The fourth-order valence-electron chi connectivity index (χ4n) is 3.99. The smallest absolute Gasteiger partial charge is 0.233 e. The van der Waals surface area contributed by atoms with Crippen molar-refractivity contribution in [3.63, 3.8) is 0 Å². The van der Waals surface area contributed by atoms with Crippen LogP contribution >= 0.6 is 11.8 Å². The molecule has 2 unspecified atom stereocenters. The number of rotatable bonds is 7. The van der Waals surface area contributed by atoms with Crippen molar-refractivity contribution >= 4 is 17.7 Å². The normalized spacial score (nSPS) is 19.4. The molecule has 2 atom stereocenters. The highest BCUT2D eigenvalue weighted by Gasteiger charge is 2.36. The minimum absolute atomic E-state index is 0.0934. The van der Waals surface area contributed by atoms with Gasteiger partial charge in [0.25, 0.3) is 0 Å². The Bertz CT molecular complexity index is 1120.